The van der Waals surface area contributed by atoms with Crippen LogP contribution in [-0.2, 0) is 17.6 Å². The highest BCUT2D eigenvalue weighted by atomic mass is 79.9. The average molecular weight is 336 g/mol. The number of anilines is 1. The zero-order valence-corrected chi connectivity index (χ0v) is 13.0. The second-order valence-electron chi connectivity index (χ2n) is 4.66. The van der Waals surface area contributed by atoms with E-state index in [1.54, 1.807) is 0 Å². The molecule has 3 rings (SSSR count). The number of aryl methyl sites for hydroxylation is 1. The summed E-state index contributed by atoms with van der Waals surface area (Å²) >= 11 is 5.61. The van der Waals surface area contributed by atoms with Crippen LogP contribution in [0.3, 0.4) is 0 Å². The highest BCUT2D eigenvalue weighted by Crippen LogP contribution is 2.37. The molecule has 19 heavy (non-hydrogen) atoms. The molecule has 1 unspecified atom stereocenters. The number of nitrogens with one attached hydrogen (secondary N) is 1. The van der Waals surface area contributed by atoms with Gasteiger partial charge < -0.3 is 5.32 Å². The molecule has 1 atom stereocenters. The molecule has 1 aromatic carbocycles. The fourth-order valence-corrected chi connectivity index (χ4v) is 3.97. The van der Waals surface area contributed by atoms with Crippen LogP contribution in [0, 0.1) is 0 Å². The molecule has 0 spiro atoms. The Morgan fingerprint density at radius 3 is 2.95 bits per heavy atom. The zero-order chi connectivity index (χ0) is 13.4. The molecule has 0 bridgehead atoms. The van der Waals surface area contributed by atoms with E-state index in [-0.39, 0.29) is 10.7 Å². The molecule has 1 N–H and O–H groups in total. The van der Waals surface area contributed by atoms with E-state index in [4.69, 9.17) is 0 Å². The van der Waals surface area contributed by atoms with Gasteiger partial charge in [0.15, 0.2) is 0 Å². The number of carbonyl (C=O) groups is 1. The van der Waals surface area contributed by atoms with E-state index in [1.807, 2.05) is 17.4 Å². The molecule has 2 nitrogen and oxygen atoms in total. The first kappa shape index (κ1) is 12.9. The van der Waals surface area contributed by atoms with Gasteiger partial charge in [-0.25, -0.2) is 0 Å². The Hall–Kier alpha value is -1.13. The highest BCUT2D eigenvalue weighted by molar-refractivity contribution is 9.09. The SMILES string of the molecule is CCc1ccc(C(Br)c2ccc3c(c2)CC(=O)N3)s1. The summed E-state index contributed by atoms with van der Waals surface area (Å²) in [5.41, 5.74) is 3.26. The first-order chi connectivity index (χ1) is 9.17. The van der Waals surface area contributed by atoms with Crippen molar-refractivity contribution in [3.63, 3.8) is 0 Å². The minimum Gasteiger partial charge on any atom is -0.326 e. The quantitative estimate of drug-likeness (QED) is 0.833. The van der Waals surface area contributed by atoms with Gasteiger partial charge in [-0.1, -0.05) is 35.0 Å². The van der Waals surface area contributed by atoms with Gasteiger partial charge in [-0.05, 0) is 35.7 Å². The third-order valence-corrected chi connectivity index (χ3v) is 5.95. The van der Waals surface area contributed by atoms with Gasteiger partial charge in [0.2, 0.25) is 5.91 Å². The van der Waals surface area contributed by atoms with E-state index < -0.39 is 0 Å². The van der Waals surface area contributed by atoms with Gasteiger partial charge >= 0.3 is 0 Å². The Bertz CT molecular complexity index is 635. The molecule has 2 heterocycles. The molecule has 0 radical (unpaired) electrons. The van der Waals surface area contributed by atoms with Gasteiger partial charge in [-0.2, -0.15) is 0 Å². The lowest BCUT2D eigenvalue weighted by Gasteiger charge is -2.09. The van der Waals surface area contributed by atoms with E-state index in [0.717, 1.165) is 17.7 Å². The maximum Gasteiger partial charge on any atom is 0.228 e. The number of hydrogen-bond donors (Lipinski definition) is 1. The number of carbonyl (C=O) groups excluding carboxylic acids is 1. The normalized spacial score (nSPS) is 15.2. The minimum absolute atomic E-state index is 0.0858. The molecule has 0 saturated carbocycles. The molecular weight excluding hydrogens is 322 g/mol. The van der Waals surface area contributed by atoms with E-state index in [0.29, 0.717) is 6.42 Å². The van der Waals surface area contributed by atoms with Crippen LogP contribution in [0.1, 0.15) is 32.6 Å². The van der Waals surface area contributed by atoms with Crippen LogP contribution < -0.4 is 5.32 Å². The molecule has 1 amide bonds. The van der Waals surface area contributed by atoms with Crippen molar-refractivity contribution in [2.45, 2.75) is 24.6 Å². The molecule has 0 saturated heterocycles. The standard InChI is InChI=1S/C15H14BrNOS/c1-2-11-4-6-13(19-11)15(16)9-3-5-12-10(7-9)8-14(18)17-12/h3-7,15H,2,8H2,1H3,(H,17,18). The van der Waals surface area contributed by atoms with Crippen LogP contribution in [0.2, 0.25) is 0 Å². The van der Waals surface area contributed by atoms with E-state index in [2.05, 4.69) is 52.4 Å². The van der Waals surface area contributed by atoms with Gasteiger partial charge in [-0.15, -0.1) is 11.3 Å². The summed E-state index contributed by atoms with van der Waals surface area (Å²) in [5.74, 6) is 0.0858. The fraction of sp³-hybridized carbons (Fsp3) is 0.267. The second-order valence-corrected chi connectivity index (χ2v) is 6.78. The van der Waals surface area contributed by atoms with E-state index >= 15 is 0 Å². The van der Waals surface area contributed by atoms with Gasteiger partial charge in [0.1, 0.15) is 0 Å². The molecule has 1 aromatic heterocycles. The summed E-state index contributed by atoms with van der Waals surface area (Å²) in [5, 5.41) is 2.86. The van der Waals surface area contributed by atoms with Gasteiger partial charge in [-0.3, -0.25) is 4.79 Å². The third kappa shape index (κ3) is 2.47. The molecule has 4 heteroatoms. The molecule has 0 aliphatic carbocycles. The van der Waals surface area contributed by atoms with Crippen molar-refractivity contribution in [3.8, 4) is 0 Å². The molecule has 1 aliphatic rings. The van der Waals surface area contributed by atoms with Gasteiger partial charge in [0.25, 0.3) is 0 Å². The lowest BCUT2D eigenvalue weighted by Crippen LogP contribution is -2.03. The number of fused-ring (bicyclic) bond motifs is 1. The first-order valence-electron chi connectivity index (χ1n) is 6.32. The third-order valence-electron chi connectivity index (χ3n) is 3.33. The molecule has 0 fully saturated rings. The van der Waals surface area contributed by atoms with Gasteiger partial charge in [0.05, 0.1) is 11.2 Å². The number of alkyl halides is 1. The van der Waals surface area contributed by atoms with Gasteiger partial charge in [0, 0.05) is 15.4 Å². The predicted octanol–water partition coefficient (Wildman–Crippen LogP) is 4.29. The van der Waals surface area contributed by atoms with E-state index in [9.17, 15) is 4.79 Å². The maximum absolute atomic E-state index is 11.4. The van der Waals surface area contributed by atoms with Crippen LogP contribution in [0.15, 0.2) is 30.3 Å². The number of halogens is 1. The minimum atomic E-state index is 0.0858. The lowest BCUT2D eigenvalue weighted by atomic mass is 10.1. The first-order valence-corrected chi connectivity index (χ1v) is 8.06. The van der Waals surface area contributed by atoms with Crippen LogP contribution >= 0.6 is 27.3 Å². The summed E-state index contributed by atoms with van der Waals surface area (Å²) < 4.78 is 0. The molecule has 98 valence electrons. The second kappa shape index (κ2) is 5.10. The smallest absolute Gasteiger partial charge is 0.228 e. The summed E-state index contributed by atoms with van der Waals surface area (Å²) in [6.07, 6.45) is 1.57. The maximum atomic E-state index is 11.4. The van der Waals surface area contributed by atoms with Crippen LogP contribution in [0.25, 0.3) is 0 Å². The summed E-state index contributed by atoms with van der Waals surface area (Å²) in [7, 11) is 0. The molecule has 2 aromatic rings. The summed E-state index contributed by atoms with van der Waals surface area (Å²) in [4.78, 5) is 14.3. The highest BCUT2D eigenvalue weighted by Gasteiger charge is 2.20. The fourth-order valence-electron chi connectivity index (χ4n) is 2.29. The summed E-state index contributed by atoms with van der Waals surface area (Å²) in [6.45, 7) is 2.17. The molecular formula is C15H14BrNOS. The number of benzene rings is 1. The van der Waals surface area contributed by atoms with Crippen LogP contribution in [0.5, 0.6) is 0 Å². The van der Waals surface area contributed by atoms with Crippen molar-refractivity contribution < 1.29 is 4.79 Å². The molecule has 1 aliphatic heterocycles. The number of rotatable bonds is 3. The Labute approximate surface area is 125 Å². The Morgan fingerprint density at radius 2 is 2.21 bits per heavy atom. The van der Waals surface area contributed by atoms with Crippen molar-refractivity contribution in [3.05, 3.63) is 51.2 Å². The largest absolute Gasteiger partial charge is 0.326 e. The van der Waals surface area contributed by atoms with Crippen molar-refractivity contribution in [2.24, 2.45) is 0 Å². The summed E-state index contributed by atoms with van der Waals surface area (Å²) in [6, 6.07) is 10.6. The number of amides is 1. The Morgan fingerprint density at radius 1 is 1.37 bits per heavy atom. The Balaban J connectivity index is 1.90. The zero-order valence-electron chi connectivity index (χ0n) is 10.6. The number of thiophene rings is 1. The van der Waals surface area contributed by atoms with Crippen molar-refractivity contribution in [1.29, 1.82) is 0 Å². The average Bonchev–Trinajstić information content (AvgIpc) is 3.01. The monoisotopic (exact) mass is 335 g/mol. The Kier molecular flexibility index (Phi) is 3.46. The van der Waals surface area contributed by atoms with Crippen LogP contribution in [0.4, 0.5) is 5.69 Å². The van der Waals surface area contributed by atoms with E-state index in [1.165, 1.54) is 15.3 Å². The lowest BCUT2D eigenvalue weighted by molar-refractivity contribution is -0.115. The number of hydrogen-bond acceptors (Lipinski definition) is 2. The topological polar surface area (TPSA) is 29.1 Å². The van der Waals surface area contributed by atoms with Crippen LogP contribution in [-0.4, -0.2) is 5.91 Å². The van der Waals surface area contributed by atoms with Crippen molar-refractivity contribution >= 4 is 38.9 Å². The van der Waals surface area contributed by atoms with Crippen molar-refractivity contribution in [1.82, 2.24) is 0 Å². The van der Waals surface area contributed by atoms with Crippen molar-refractivity contribution in [2.75, 3.05) is 5.32 Å². The predicted molar refractivity (Wildman–Crippen MR) is 83.2 cm³/mol.